The minimum atomic E-state index is -0.753. The Labute approximate surface area is 107 Å². The molecule has 1 aliphatic rings. The molecule has 1 aromatic rings. The summed E-state index contributed by atoms with van der Waals surface area (Å²) < 4.78 is 10.6. The van der Waals surface area contributed by atoms with E-state index in [-0.39, 0.29) is 0 Å². The highest BCUT2D eigenvalue weighted by Gasteiger charge is 2.53. The van der Waals surface area contributed by atoms with Crippen molar-refractivity contribution in [2.24, 2.45) is 0 Å². The van der Waals surface area contributed by atoms with Crippen LogP contribution in [-0.2, 0) is 10.2 Å². The summed E-state index contributed by atoms with van der Waals surface area (Å²) in [6.45, 7) is 3.87. The Morgan fingerprint density at radius 2 is 1.83 bits per heavy atom. The van der Waals surface area contributed by atoms with E-state index in [0.29, 0.717) is 24.3 Å². The smallest absolute Gasteiger partial charge is 0.314 e. The van der Waals surface area contributed by atoms with Gasteiger partial charge >= 0.3 is 5.97 Å². The third-order valence-corrected chi connectivity index (χ3v) is 3.91. The van der Waals surface area contributed by atoms with Crippen molar-refractivity contribution in [2.75, 3.05) is 14.2 Å². The molecule has 0 aliphatic heterocycles. The van der Waals surface area contributed by atoms with Gasteiger partial charge in [0, 0.05) is 0 Å². The molecule has 0 amide bonds. The Morgan fingerprint density at radius 3 is 2.22 bits per heavy atom. The van der Waals surface area contributed by atoms with Crippen molar-refractivity contribution in [3.05, 3.63) is 22.8 Å². The molecule has 98 valence electrons. The normalized spacial score (nSPS) is 16.2. The third kappa shape index (κ3) is 1.64. The minimum Gasteiger partial charge on any atom is -0.493 e. The molecule has 4 nitrogen and oxygen atoms in total. The molecule has 0 aromatic heterocycles. The van der Waals surface area contributed by atoms with Crippen molar-refractivity contribution in [3.8, 4) is 11.5 Å². The van der Waals surface area contributed by atoms with Crippen LogP contribution in [0.2, 0.25) is 0 Å². The van der Waals surface area contributed by atoms with Crippen LogP contribution >= 0.6 is 0 Å². The molecule has 0 unspecified atom stereocenters. The van der Waals surface area contributed by atoms with Gasteiger partial charge in [0.05, 0.1) is 19.6 Å². The summed E-state index contributed by atoms with van der Waals surface area (Å²) in [4.78, 5) is 11.4. The number of benzene rings is 1. The summed E-state index contributed by atoms with van der Waals surface area (Å²) in [6, 6.07) is 1.81. The van der Waals surface area contributed by atoms with E-state index in [1.165, 1.54) is 0 Å². The van der Waals surface area contributed by atoms with Crippen LogP contribution in [0.25, 0.3) is 0 Å². The SMILES string of the molecule is COc1cc(C2(C(=O)O)CC2)c(C)c(C)c1OC. The maximum Gasteiger partial charge on any atom is 0.314 e. The quantitative estimate of drug-likeness (QED) is 0.891. The molecule has 1 aliphatic carbocycles. The molecule has 0 spiro atoms. The van der Waals surface area contributed by atoms with Gasteiger partial charge in [-0.2, -0.15) is 0 Å². The Balaban J connectivity index is 2.63. The van der Waals surface area contributed by atoms with Gasteiger partial charge in [0.25, 0.3) is 0 Å². The molecule has 0 atom stereocenters. The molecule has 1 fully saturated rings. The van der Waals surface area contributed by atoms with E-state index in [0.717, 1.165) is 16.7 Å². The van der Waals surface area contributed by atoms with Gasteiger partial charge in [-0.1, -0.05) is 0 Å². The Bertz CT molecular complexity index is 501. The van der Waals surface area contributed by atoms with Gasteiger partial charge in [-0.3, -0.25) is 4.79 Å². The van der Waals surface area contributed by atoms with Gasteiger partial charge < -0.3 is 14.6 Å². The number of carbonyl (C=O) groups is 1. The molecule has 0 heterocycles. The highest BCUT2D eigenvalue weighted by Crippen LogP contribution is 2.52. The molecule has 1 saturated carbocycles. The van der Waals surface area contributed by atoms with E-state index in [1.807, 2.05) is 19.9 Å². The minimum absolute atomic E-state index is 0.600. The van der Waals surface area contributed by atoms with Gasteiger partial charge in [-0.25, -0.2) is 0 Å². The topological polar surface area (TPSA) is 55.8 Å². The maximum absolute atomic E-state index is 11.4. The summed E-state index contributed by atoms with van der Waals surface area (Å²) in [5.41, 5.74) is 2.06. The Hall–Kier alpha value is -1.71. The lowest BCUT2D eigenvalue weighted by atomic mass is 9.89. The van der Waals surface area contributed by atoms with Crippen molar-refractivity contribution >= 4 is 5.97 Å². The zero-order valence-corrected chi connectivity index (χ0v) is 11.2. The van der Waals surface area contributed by atoms with Crippen LogP contribution in [0.3, 0.4) is 0 Å². The summed E-state index contributed by atoms with van der Waals surface area (Å²) in [5.74, 6) is 0.528. The summed E-state index contributed by atoms with van der Waals surface area (Å²) in [7, 11) is 3.16. The molecule has 1 aromatic carbocycles. The lowest BCUT2D eigenvalue weighted by Gasteiger charge is -2.20. The summed E-state index contributed by atoms with van der Waals surface area (Å²) >= 11 is 0. The standard InChI is InChI=1S/C14H18O4/c1-8-9(2)12(18-4)11(17-3)7-10(8)14(5-6-14)13(15)16/h7H,5-6H2,1-4H3,(H,15,16). The number of hydrogen-bond donors (Lipinski definition) is 1. The largest absolute Gasteiger partial charge is 0.493 e. The van der Waals surface area contributed by atoms with Crippen molar-refractivity contribution in [3.63, 3.8) is 0 Å². The fraction of sp³-hybridized carbons (Fsp3) is 0.500. The van der Waals surface area contributed by atoms with Crippen molar-refractivity contribution in [2.45, 2.75) is 32.1 Å². The molecular weight excluding hydrogens is 232 g/mol. The lowest BCUT2D eigenvalue weighted by molar-refractivity contribution is -0.140. The van der Waals surface area contributed by atoms with E-state index < -0.39 is 11.4 Å². The van der Waals surface area contributed by atoms with E-state index >= 15 is 0 Å². The van der Waals surface area contributed by atoms with Crippen LogP contribution in [0.5, 0.6) is 11.5 Å². The first-order valence-corrected chi connectivity index (χ1v) is 5.94. The van der Waals surface area contributed by atoms with Gasteiger partial charge in [0.2, 0.25) is 0 Å². The van der Waals surface area contributed by atoms with Crippen LogP contribution in [0.1, 0.15) is 29.5 Å². The van der Waals surface area contributed by atoms with Crippen molar-refractivity contribution in [1.82, 2.24) is 0 Å². The van der Waals surface area contributed by atoms with Crippen LogP contribution in [0.15, 0.2) is 6.07 Å². The number of carboxylic acids is 1. The number of ether oxygens (including phenoxy) is 2. The van der Waals surface area contributed by atoms with Gasteiger partial charge in [0.15, 0.2) is 11.5 Å². The highest BCUT2D eigenvalue weighted by molar-refractivity contribution is 5.86. The maximum atomic E-state index is 11.4. The molecule has 18 heavy (non-hydrogen) atoms. The molecular formula is C14H18O4. The fourth-order valence-electron chi connectivity index (χ4n) is 2.49. The Kier molecular flexibility index (Phi) is 2.97. The number of methoxy groups -OCH3 is 2. The number of aliphatic carboxylic acids is 1. The highest BCUT2D eigenvalue weighted by atomic mass is 16.5. The summed E-state index contributed by atoms with van der Waals surface area (Å²) in [5, 5.41) is 9.39. The number of rotatable bonds is 4. The Morgan fingerprint density at radius 1 is 1.22 bits per heavy atom. The zero-order valence-electron chi connectivity index (χ0n) is 11.2. The lowest BCUT2D eigenvalue weighted by Crippen LogP contribution is -2.21. The average molecular weight is 250 g/mol. The molecule has 0 radical (unpaired) electrons. The fourth-order valence-corrected chi connectivity index (χ4v) is 2.49. The van der Waals surface area contributed by atoms with Gasteiger partial charge in [-0.05, 0) is 49.4 Å². The monoisotopic (exact) mass is 250 g/mol. The van der Waals surface area contributed by atoms with Crippen LogP contribution in [0.4, 0.5) is 0 Å². The van der Waals surface area contributed by atoms with Gasteiger partial charge in [0.1, 0.15) is 0 Å². The van der Waals surface area contributed by atoms with E-state index in [2.05, 4.69) is 0 Å². The number of carboxylic acid groups (broad SMARTS) is 1. The first kappa shape index (κ1) is 12.7. The molecule has 0 saturated heterocycles. The van der Waals surface area contributed by atoms with Crippen LogP contribution in [-0.4, -0.2) is 25.3 Å². The van der Waals surface area contributed by atoms with E-state index in [1.54, 1.807) is 14.2 Å². The van der Waals surface area contributed by atoms with E-state index in [4.69, 9.17) is 9.47 Å². The van der Waals surface area contributed by atoms with Crippen molar-refractivity contribution in [1.29, 1.82) is 0 Å². The molecule has 4 heteroatoms. The molecule has 0 bridgehead atoms. The van der Waals surface area contributed by atoms with Crippen LogP contribution < -0.4 is 9.47 Å². The predicted molar refractivity (Wildman–Crippen MR) is 67.6 cm³/mol. The second kappa shape index (κ2) is 4.19. The molecule has 2 rings (SSSR count). The zero-order chi connectivity index (χ0) is 13.5. The predicted octanol–water partition coefficient (Wildman–Crippen LogP) is 2.44. The number of hydrogen-bond acceptors (Lipinski definition) is 3. The average Bonchev–Trinajstić information content (AvgIpc) is 3.13. The van der Waals surface area contributed by atoms with Crippen LogP contribution in [0, 0.1) is 13.8 Å². The summed E-state index contributed by atoms with van der Waals surface area (Å²) in [6.07, 6.45) is 1.39. The first-order valence-electron chi connectivity index (χ1n) is 5.94. The molecule has 1 N–H and O–H groups in total. The van der Waals surface area contributed by atoms with Gasteiger partial charge in [-0.15, -0.1) is 0 Å². The van der Waals surface area contributed by atoms with E-state index in [9.17, 15) is 9.90 Å². The second-order valence-corrected chi connectivity index (χ2v) is 4.80. The third-order valence-electron chi connectivity index (χ3n) is 3.91. The second-order valence-electron chi connectivity index (χ2n) is 4.80. The van der Waals surface area contributed by atoms with Crippen molar-refractivity contribution < 1.29 is 19.4 Å². The first-order chi connectivity index (χ1) is 8.47.